The highest BCUT2D eigenvalue weighted by atomic mass is 32.1. The monoisotopic (exact) mass is 548 g/mol. The Morgan fingerprint density at radius 1 is 0.974 bits per heavy atom. The molecule has 204 valence electrons. The van der Waals surface area contributed by atoms with Crippen molar-refractivity contribution < 1.29 is 32.2 Å². The van der Waals surface area contributed by atoms with E-state index in [1.807, 2.05) is 29.6 Å². The first-order chi connectivity index (χ1) is 18.0. The minimum atomic E-state index is -4.57. The van der Waals surface area contributed by atoms with E-state index in [0.717, 1.165) is 22.6 Å². The lowest BCUT2D eigenvalue weighted by molar-refractivity contribution is -0.137. The average molecular weight is 549 g/mol. The normalized spacial score (nSPS) is 11.4. The lowest BCUT2D eigenvalue weighted by atomic mass is 10.1. The summed E-state index contributed by atoms with van der Waals surface area (Å²) in [7, 11) is 3.11. The first kappa shape index (κ1) is 29.0. The van der Waals surface area contributed by atoms with E-state index in [0.29, 0.717) is 31.0 Å². The fourth-order valence-corrected chi connectivity index (χ4v) is 4.63. The summed E-state index contributed by atoms with van der Waals surface area (Å²) in [5.41, 5.74) is -0.0866. The van der Waals surface area contributed by atoms with Crippen LogP contribution in [0.2, 0.25) is 0 Å². The van der Waals surface area contributed by atoms with Gasteiger partial charge in [-0.2, -0.15) is 13.2 Å². The molecule has 10 heteroatoms. The molecule has 0 aliphatic heterocycles. The van der Waals surface area contributed by atoms with Crippen LogP contribution in [0.1, 0.15) is 40.2 Å². The Labute approximate surface area is 224 Å². The summed E-state index contributed by atoms with van der Waals surface area (Å²) in [5, 5.41) is 1.92. The molecular formula is C28H31F3N2O4S. The fraction of sp³-hybridized carbons (Fsp3) is 0.357. The summed E-state index contributed by atoms with van der Waals surface area (Å²) in [6.45, 7) is 3.92. The number of carbonyl (C=O) groups excluding carboxylic acids is 2. The zero-order valence-electron chi connectivity index (χ0n) is 21.7. The molecule has 6 nitrogen and oxygen atoms in total. The quantitative estimate of drug-likeness (QED) is 0.299. The molecule has 0 saturated carbocycles. The van der Waals surface area contributed by atoms with Crippen LogP contribution in [0.3, 0.4) is 0 Å². The fourth-order valence-electron chi connectivity index (χ4n) is 3.91. The molecule has 0 radical (unpaired) electrons. The molecule has 0 fully saturated rings. The predicted molar refractivity (Wildman–Crippen MR) is 141 cm³/mol. The van der Waals surface area contributed by atoms with Crippen LogP contribution < -0.4 is 9.47 Å². The van der Waals surface area contributed by atoms with E-state index in [-0.39, 0.29) is 18.0 Å². The van der Waals surface area contributed by atoms with Gasteiger partial charge in [-0.1, -0.05) is 18.2 Å². The van der Waals surface area contributed by atoms with Crippen LogP contribution in [0.4, 0.5) is 13.2 Å². The molecule has 2 aromatic carbocycles. The van der Waals surface area contributed by atoms with Crippen molar-refractivity contribution in [1.29, 1.82) is 0 Å². The minimum Gasteiger partial charge on any atom is -0.493 e. The Morgan fingerprint density at radius 2 is 1.71 bits per heavy atom. The molecule has 38 heavy (non-hydrogen) atoms. The number of ether oxygens (including phenoxy) is 2. The van der Waals surface area contributed by atoms with Crippen molar-refractivity contribution in [2.45, 2.75) is 39.0 Å². The van der Waals surface area contributed by atoms with Crippen LogP contribution >= 0.6 is 11.3 Å². The van der Waals surface area contributed by atoms with Crippen LogP contribution in [-0.4, -0.2) is 55.0 Å². The Hall–Kier alpha value is -3.53. The van der Waals surface area contributed by atoms with Crippen molar-refractivity contribution in [3.63, 3.8) is 0 Å². The lowest BCUT2D eigenvalue weighted by Crippen LogP contribution is -2.46. The molecule has 0 aliphatic rings. The number of hydrogen-bond acceptors (Lipinski definition) is 5. The van der Waals surface area contributed by atoms with E-state index in [9.17, 15) is 22.8 Å². The maximum Gasteiger partial charge on any atom is 0.416 e. The van der Waals surface area contributed by atoms with Crippen LogP contribution in [-0.2, 0) is 23.9 Å². The van der Waals surface area contributed by atoms with Gasteiger partial charge in [-0.05, 0) is 67.6 Å². The summed E-state index contributed by atoms with van der Waals surface area (Å²) in [5.74, 6) is 0.255. The number of hydrogen-bond donors (Lipinski definition) is 0. The van der Waals surface area contributed by atoms with Gasteiger partial charge in [-0.3, -0.25) is 9.59 Å². The SMILES string of the molecule is COc1ccc(CCN(Cc2cccs2)C(=O)CN(C(=O)c2cccc(C(F)(F)F)c2)C(C)C)cc1OC. The van der Waals surface area contributed by atoms with Gasteiger partial charge in [0.05, 0.1) is 26.3 Å². The molecule has 3 aromatic rings. The molecule has 0 saturated heterocycles. The maximum absolute atomic E-state index is 13.5. The second-order valence-electron chi connectivity index (χ2n) is 8.94. The highest BCUT2D eigenvalue weighted by Gasteiger charge is 2.32. The average Bonchev–Trinajstić information content (AvgIpc) is 3.41. The molecule has 0 unspecified atom stereocenters. The van der Waals surface area contributed by atoms with Gasteiger partial charge in [0, 0.05) is 23.0 Å². The third kappa shape index (κ3) is 7.50. The minimum absolute atomic E-state index is 0.114. The number of thiophene rings is 1. The van der Waals surface area contributed by atoms with Gasteiger partial charge in [0.1, 0.15) is 6.54 Å². The highest BCUT2D eigenvalue weighted by Crippen LogP contribution is 2.30. The summed E-state index contributed by atoms with van der Waals surface area (Å²) in [6.07, 6.45) is -4.04. The van der Waals surface area contributed by atoms with Crippen LogP contribution in [0.25, 0.3) is 0 Å². The van der Waals surface area contributed by atoms with Gasteiger partial charge in [-0.25, -0.2) is 0 Å². The Morgan fingerprint density at radius 3 is 2.32 bits per heavy atom. The molecule has 1 heterocycles. The molecular weight excluding hydrogens is 517 g/mol. The number of alkyl halides is 3. The third-order valence-corrected chi connectivity index (χ3v) is 6.89. The van der Waals surface area contributed by atoms with Crippen molar-refractivity contribution in [2.75, 3.05) is 27.3 Å². The van der Waals surface area contributed by atoms with Crippen LogP contribution in [0, 0.1) is 0 Å². The van der Waals surface area contributed by atoms with Crippen molar-refractivity contribution in [3.05, 3.63) is 81.5 Å². The molecule has 1 aromatic heterocycles. The van der Waals surface area contributed by atoms with Gasteiger partial charge in [-0.15, -0.1) is 11.3 Å². The molecule has 0 bridgehead atoms. The lowest BCUT2D eigenvalue weighted by Gasteiger charge is -2.30. The van der Waals surface area contributed by atoms with E-state index < -0.39 is 23.7 Å². The zero-order valence-corrected chi connectivity index (χ0v) is 22.6. The maximum atomic E-state index is 13.5. The van der Waals surface area contributed by atoms with E-state index in [2.05, 4.69) is 0 Å². The number of nitrogens with zero attached hydrogens (tertiary/aromatic N) is 2. The van der Waals surface area contributed by atoms with Crippen molar-refractivity contribution in [3.8, 4) is 11.5 Å². The highest BCUT2D eigenvalue weighted by molar-refractivity contribution is 7.09. The van der Waals surface area contributed by atoms with Gasteiger partial charge in [0.25, 0.3) is 5.91 Å². The Bertz CT molecular complexity index is 1230. The van der Waals surface area contributed by atoms with E-state index in [4.69, 9.17) is 9.47 Å². The largest absolute Gasteiger partial charge is 0.493 e. The smallest absolute Gasteiger partial charge is 0.416 e. The van der Waals surface area contributed by atoms with Gasteiger partial charge in [0.2, 0.25) is 5.91 Å². The van der Waals surface area contributed by atoms with Crippen molar-refractivity contribution >= 4 is 23.2 Å². The van der Waals surface area contributed by atoms with Crippen LogP contribution in [0.5, 0.6) is 11.5 Å². The molecule has 0 spiro atoms. The molecule has 0 aliphatic carbocycles. The van der Waals surface area contributed by atoms with Crippen molar-refractivity contribution in [2.24, 2.45) is 0 Å². The molecule has 0 N–H and O–H groups in total. The number of amides is 2. The summed E-state index contributed by atoms with van der Waals surface area (Å²) < 4.78 is 50.3. The van der Waals surface area contributed by atoms with Crippen LogP contribution in [0.15, 0.2) is 60.0 Å². The van der Waals surface area contributed by atoms with E-state index in [1.165, 1.54) is 28.4 Å². The second-order valence-corrected chi connectivity index (χ2v) is 9.97. The number of carbonyl (C=O) groups is 2. The standard InChI is InChI=1S/C28H31F3N2O4S/c1-19(2)33(27(35)21-7-5-8-22(16-21)28(29,30)31)18-26(34)32(17-23-9-6-14-38-23)13-12-20-10-11-24(36-3)25(15-20)37-4/h5-11,14-16,19H,12-13,17-18H2,1-4H3. The van der Waals surface area contributed by atoms with Gasteiger partial charge >= 0.3 is 6.18 Å². The number of halogens is 3. The summed E-state index contributed by atoms with van der Waals surface area (Å²) >= 11 is 1.52. The molecule has 3 rings (SSSR count). The van der Waals surface area contributed by atoms with Gasteiger partial charge in [0.15, 0.2) is 11.5 Å². The van der Waals surface area contributed by atoms with E-state index >= 15 is 0 Å². The van der Waals surface area contributed by atoms with Crippen molar-refractivity contribution in [1.82, 2.24) is 9.80 Å². The Kier molecular flexibility index (Phi) is 9.79. The molecule has 2 amide bonds. The Balaban J connectivity index is 1.80. The zero-order chi connectivity index (χ0) is 27.9. The van der Waals surface area contributed by atoms with Gasteiger partial charge < -0.3 is 19.3 Å². The summed E-state index contributed by atoms with van der Waals surface area (Å²) in [6, 6.07) is 13.2. The number of rotatable bonds is 11. The van der Waals surface area contributed by atoms with E-state index in [1.54, 1.807) is 39.0 Å². The third-order valence-electron chi connectivity index (χ3n) is 6.02. The number of benzene rings is 2. The molecule has 0 atom stereocenters. The predicted octanol–water partition coefficient (Wildman–Crippen LogP) is 5.91. The topological polar surface area (TPSA) is 59.1 Å². The summed E-state index contributed by atoms with van der Waals surface area (Å²) in [4.78, 5) is 30.7. The first-order valence-corrected chi connectivity index (χ1v) is 12.9. The second kappa shape index (κ2) is 12.8. The number of methoxy groups -OCH3 is 2. The first-order valence-electron chi connectivity index (χ1n) is 12.0.